The fourth-order valence-corrected chi connectivity index (χ4v) is 3.07. The summed E-state index contributed by atoms with van der Waals surface area (Å²) in [4.78, 5) is 0.284. The molecular weight excluding hydrogens is 236 g/mol. The Kier molecular flexibility index (Phi) is 5.13. The first kappa shape index (κ1) is 13.7. The maximum Gasteiger partial charge on any atom is 0.243 e. The zero-order valence-corrected chi connectivity index (χ0v) is 10.7. The van der Waals surface area contributed by atoms with E-state index < -0.39 is 10.0 Å². The van der Waals surface area contributed by atoms with Crippen molar-refractivity contribution in [3.63, 3.8) is 0 Å². The molecule has 0 N–H and O–H groups in total. The second kappa shape index (κ2) is 6.38. The van der Waals surface area contributed by atoms with E-state index in [0.29, 0.717) is 6.54 Å². The topological polar surface area (TPSA) is 61.2 Å². The monoisotopic (exact) mass is 252 g/mol. The Morgan fingerprint density at radius 3 is 2.41 bits per heavy atom. The van der Waals surface area contributed by atoms with E-state index in [-0.39, 0.29) is 17.9 Å². The lowest BCUT2D eigenvalue weighted by Gasteiger charge is -2.20. The summed E-state index contributed by atoms with van der Waals surface area (Å²) in [5.74, 6) is 0. The molecule has 0 saturated carbocycles. The van der Waals surface area contributed by atoms with Crippen LogP contribution in [0.15, 0.2) is 35.2 Å². The first-order valence-electron chi connectivity index (χ1n) is 5.55. The molecule has 0 radical (unpaired) electrons. The molecule has 0 aromatic heterocycles. The number of hydrogen-bond acceptors (Lipinski definition) is 3. The van der Waals surface area contributed by atoms with Gasteiger partial charge in [0.2, 0.25) is 10.0 Å². The number of nitrogens with zero attached hydrogens (tertiary/aromatic N) is 2. The third-order valence-electron chi connectivity index (χ3n) is 2.33. The molecule has 0 heterocycles. The SMILES string of the molecule is CCCN(CCC#N)S(=O)(=O)c1ccccc1. The van der Waals surface area contributed by atoms with E-state index in [2.05, 4.69) is 0 Å². The summed E-state index contributed by atoms with van der Waals surface area (Å²) in [5, 5.41) is 8.55. The average molecular weight is 252 g/mol. The summed E-state index contributed by atoms with van der Waals surface area (Å²) >= 11 is 0. The fourth-order valence-electron chi connectivity index (χ4n) is 1.52. The Bertz CT molecular complexity index is 477. The Balaban J connectivity index is 2.97. The van der Waals surface area contributed by atoms with E-state index in [1.54, 1.807) is 30.3 Å². The summed E-state index contributed by atoms with van der Waals surface area (Å²) in [5.41, 5.74) is 0. The molecule has 0 bridgehead atoms. The van der Waals surface area contributed by atoms with Crippen LogP contribution in [0, 0.1) is 11.3 Å². The molecule has 0 fully saturated rings. The van der Waals surface area contributed by atoms with Crippen LogP contribution in [-0.2, 0) is 10.0 Å². The second-order valence-electron chi connectivity index (χ2n) is 3.63. The van der Waals surface area contributed by atoms with Crippen LogP contribution in [0.5, 0.6) is 0 Å². The van der Waals surface area contributed by atoms with Gasteiger partial charge in [-0.25, -0.2) is 8.42 Å². The largest absolute Gasteiger partial charge is 0.243 e. The zero-order chi connectivity index (χ0) is 12.7. The predicted octanol–water partition coefficient (Wildman–Crippen LogP) is 2.00. The van der Waals surface area contributed by atoms with E-state index in [4.69, 9.17) is 5.26 Å². The quantitative estimate of drug-likeness (QED) is 0.778. The van der Waals surface area contributed by atoms with Crippen LogP contribution < -0.4 is 0 Å². The van der Waals surface area contributed by atoms with E-state index in [1.807, 2.05) is 13.0 Å². The van der Waals surface area contributed by atoms with Gasteiger partial charge >= 0.3 is 0 Å². The molecule has 0 atom stereocenters. The lowest BCUT2D eigenvalue weighted by molar-refractivity contribution is 0.417. The lowest BCUT2D eigenvalue weighted by atomic mass is 10.4. The fraction of sp³-hybridized carbons (Fsp3) is 0.417. The molecule has 17 heavy (non-hydrogen) atoms. The van der Waals surface area contributed by atoms with Crippen LogP contribution in [0.25, 0.3) is 0 Å². The smallest absolute Gasteiger partial charge is 0.207 e. The molecule has 4 nitrogen and oxygen atoms in total. The number of nitriles is 1. The van der Waals surface area contributed by atoms with Gasteiger partial charge in [0.25, 0.3) is 0 Å². The van der Waals surface area contributed by atoms with Crippen molar-refractivity contribution in [2.75, 3.05) is 13.1 Å². The van der Waals surface area contributed by atoms with Crippen molar-refractivity contribution in [2.24, 2.45) is 0 Å². The normalized spacial score (nSPS) is 11.4. The van der Waals surface area contributed by atoms with E-state index >= 15 is 0 Å². The highest BCUT2D eigenvalue weighted by atomic mass is 32.2. The van der Waals surface area contributed by atoms with Crippen molar-refractivity contribution in [2.45, 2.75) is 24.7 Å². The molecule has 5 heteroatoms. The maximum absolute atomic E-state index is 12.2. The van der Waals surface area contributed by atoms with Gasteiger partial charge < -0.3 is 0 Å². The summed E-state index contributed by atoms with van der Waals surface area (Å²) in [6.07, 6.45) is 0.948. The zero-order valence-electron chi connectivity index (χ0n) is 9.83. The van der Waals surface area contributed by atoms with Crippen LogP contribution in [0.3, 0.4) is 0 Å². The minimum atomic E-state index is -3.45. The molecule has 1 aromatic carbocycles. The van der Waals surface area contributed by atoms with Crippen molar-refractivity contribution in [3.05, 3.63) is 30.3 Å². The average Bonchev–Trinajstić information content (AvgIpc) is 2.35. The highest BCUT2D eigenvalue weighted by molar-refractivity contribution is 7.89. The molecule has 92 valence electrons. The standard InChI is InChI=1S/C12H16N2O2S/c1-2-10-14(11-6-9-13)17(15,16)12-7-4-3-5-8-12/h3-5,7-8H,2,6,10-11H2,1H3. The first-order chi connectivity index (χ1) is 8.12. The highest BCUT2D eigenvalue weighted by Gasteiger charge is 2.22. The molecule has 0 aliphatic carbocycles. The minimum absolute atomic E-state index is 0.214. The molecule has 1 rings (SSSR count). The van der Waals surface area contributed by atoms with Gasteiger partial charge in [-0.15, -0.1) is 0 Å². The predicted molar refractivity (Wildman–Crippen MR) is 65.7 cm³/mol. The van der Waals surface area contributed by atoms with Crippen LogP contribution in [0.1, 0.15) is 19.8 Å². The molecule has 1 aromatic rings. The van der Waals surface area contributed by atoms with E-state index in [0.717, 1.165) is 6.42 Å². The van der Waals surface area contributed by atoms with Gasteiger partial charge in [0.1, 0.15) is 0 Å². The number of benzene rings is 1. The molecule has 0 unspecified atom stereocenters. The Hall–Kier alpha value is -1.38. The van der Waals surface area contributed by atoms with Gasteiger partial charge in [0.05, 0.1) is 11.0 Å². The van der Waals surface area contributed by atoms with Crippen molar-refractivity contribution in [1.82, 2.24) is 4.31 Å². The van der Waals surface area contributed by atoms with Crippen LogP contribution >= 0.6 is 0 Å². The third-order valence-corrected chi connectivity index (χ3v) is 4.24. The second-order valence-corrected chi connectivity index (χ2v) is 5.56. The summed E-state index contributed by atoms with van der Waals surface area (Å²) in [6, 6.07) is 10.3. The molecule has 0 saturated heterocycles. The Morgan fingerprint density at radius 1 is 1.24 bits per heavy atom. The maximum atomic E-state index is 12.2. The first-order valence-corrected chi connectivity index (χ1v) is 6.99. The Labute approximate surface area is 103 Å². The summed E-state index contributed by atoms with van der Waals surface area (Å²) < 4.78 is 25.9. The molecular formula is C12H16N2O2S. The summed E-state index contributed by atoms with van der Waals surface area (Å²) in [7, 11) is -3.45. The van der Waals surface area contributed by atoms with Gasteiger partial charge in [0.15, 0.2) is 0 Å². The van der Waals surface area contributed by atoms with Crippen LogP contribution in [0.2, 0.25) is 0 Å². The molecule has 0 aliphatic rings. The van der Waals surface area contributed by atoms with Crippen molar-refractivity contribution < 1.29 is 8.42 Å². The van der Waals surface area contributed by atoms with E-state index in [9.17, 15) is 8.42 Å². The van der Waals surface area contributed by atoms with Crippen LogP contribution in [0.4, 0.5) is 0 Å². The van der Waals surface area contributed by atoms with E-state index in [1.165, 1.54) is 4.31 Å². The highest BCUT2D eigenvalue weighted by Crippen LogP contribution is 2.15. The molecule has 0 spiro atoms. The van der Waals surface area contributed by atoms with Crippen molar-refractivity contribution >= 4 is 10.0 Å². The van der Waals surface area contributed by atoms with Gasteiger partial charge in [-0.1, -0.05) is 25.1 Å². The molecule has 0 aliphatic heterocycles. The molecule has 0 amide bonds. The lowest BCUT2D eigenvalue weighted by Crippen LogP contribution is -2.32. The minimum Gasteiger partial charge on any atom is -0.207 e. The number of sulfonamides is 1. The third kappa shape index (κ3) is 3.55. The Morgan fingerprint density at radius 2 is 1.88 bits per heavy atom. The van der Waals surface area contributed by atoms with Gasteiger partial charge in [0, 0.05) is 19.5 Å². The van der Waals surface area contributed by atoms with Gasteiger partial charge in [-0.2, -0.15) is 9.57 Å². The van der Waals surface area contributed by atoms with Crippen molar-refractivity contribution in [1.29, 1.82) is 5.26 Å². The summed E-state index contributed by atoms with van der Waals surface area (Å²) in [6.45, 7) is 2.61. The van der Waals surface area contributed by atoms with Gasteiger partial charge in [-0.05, 0) is 18.6 Å². The van der Waals surface area contributed by atoms with Crippen molar-refractivity contribution in [3.8, 4) is 6.07 Å². The van der Waals surface area contributed by atoms with Gasteiger partial charge in [-0.3, -0.25) is 0 Å². The number of rotatable bonds is 6. The van der Waals surface area contributed by atoms with Crippen LogP contribution in [-0.4, -0.2) is 25.8 Å². The number of hydrogen-bond donors (Lipinski definition) is 0.